The van der Waals surface area contributed by atoms with Crippen LogP contribution in [-0.2, 0) is 19.3 Å². The molecule has 12 heteroatoms. The standard InChI is InChI=1S/C31H27F4N3O5/c32-23-12-22-25(39)14-29(43-27(22)13-24(23)36-15-18-1-4-20(5-2-18)31(33,34)35)30(40)37-21-7-9-38(10-8-21)16-19-3-6-26-28(11-19)42-17-41-26/h1-6,11-14,21,36H,7-10,15-17H2,(H,37,40). The molecule has 0 bridgehead atoms. The molecule has 4 aromatic rings. The van der Waals surface area contributed by atoms with E-state index >= 15 is 0 Å². The van der Waals surface area contributed by atoms with Gasteiger partial charge in [0.15, 0.2) is 22.7 Å². The average Bonchev–Trinajstić information content (AvgIpc) is 3.45. The Kier molecular flexibility index (Phi) is 7.70. The van der Waals surface area contributed by atoms with Gasteiger partial charge < -0.3 is 24.5 Å². The molecule has 3 heterocycles. The number of carbonyl (C=O) groups is 1. The zero-order chi connectivity index (χ0) is 30.1. The van der Waals surface area contributed by atoms with Crippen molar-refractivity contribution in [1.82, 2.24) is 10.2 Å². The van der Waals surface area contributed by atoms with Crippen molar-refractivity contribution in [3.63, 3.8) is 0 Å². The fourth-order valence-electron chi connectivity index (χ4n) is 5.22. The smallest absolute Gasteiger partial charge is 0.416 e. The SMILES string of the molecule is O=C(NC1CCN(Cc2ccc3c(c2)OCO3)CC1)c1cc(=O)c2cc(F)c(NCc3ccc(C(F)(F)F)cc3)cc2o1. The Bertz CT molecular complexity index is 1710. The molecule has 2 aliphatic heterocycles. The van der Waals surface area contributed by atoms with Gasteiger partial charge in [-0.15, -0.1) is 0 Å². The minimum Gasteiger partial charge on any atom is -0.454 e. The predicted molar refractivity (Wildman–Crippen MR) is 150 cm³/mol. The molecule has 1 aromatic heterocycles. The van der Waals surface area contributed by atoms with Crippen molar-refractivity contribution >= 4 is 22.6 Å². The van der Waals surface area contributed by atoms with Crippen LogP contribution >= 0.6 is 0 Å². The first-order chi connectivity index (χ1) is 20.6. The molecule has 1 amide bonds. The van der Waals surface area contributed by atoms with Crippen LogP contribution in [0.5, 0.6) is 11.5 Å². The highest BCUT2D eigenvalue weighted by atomic mass is 19.4. The Hall–Kier alpha value is -4.58. The molecule has 1 fully saturated rings. The van der Waals surface area contributed by atoms with E-state index in [0.29, 0.717) is 18.4 Å². The van der Waals surface area contributed by atoms with Crippen LogP contribution in [0.15, 0.2) is 69.9 Å². The molecule has 0 spiro atoms. The largest absolute Gasteiger partial charge is 0.454 e. The molecule has 224 valence electrons. The second kappa shape index (κ2) is 11.6. The maximum Gasteiger partial charge on any atom is 0.416 e. The van der Waals surface area contributed by atoms with Crippen molar-refractivity contribution < 1.29 is 36.2 Å². The summed E-state index contributed by atoms with van der Waals surface area (Å²) >= 11 is 0. The number of nitrogens with zero attached hydrogens (tertiary/aromatic N) is 1. The number of rotatable bonds is 7. The van der Waals surface area contributed by atoms with Gasteiger partial charge in [-0.25, -0.2) is 4.39 Å². The van der Waals surface area contributed by atoms with E-state index in [1.165, 1.54) is 18.2 Å². The summed E-state index contributed by atoms with van der Waals surface area (Å²) in [5.41, 5.74) is 0.222. The molecule has 43 heavy (non-hydrogen) atoms. The molecular formula is C31H27F4N3O5. The van der Waals surface area contributed by atoms with E-state index in [1.807, 2.05) is 18.2 Å². The first kappa shape index (κ1) is 28.5. The molecule has 2 N–H and O–H groups in total. The Morgan fingerprint density at radius 1 is 0.930 bits per heavy atom. The second-order valence-corrected chi connectivity index (χ2v) is 10.6. The van der Waals surface area contributed by atoms with E-state index in [0.717, 1.165) is 61.0 Å². The number of piperidine rings is 1. The number of ether oxygens (including phenoxy) is 2. The normalized spacial score (nSPS) is 15.5. The van der Waals surface area contributed by atoms with Crippen LogP contribution in [0.1, 0.15) is 40.1 Å². The van der Waals surface area contributed by atoms with Crippen LogP contribution in [0.2, 0.25) is 0 Å². The third-order valence-corrected chi connectivity index (χ3v) is 7.57. The average molecular weight is 598 g/mol. The van der Waals surface area contributed by atoms with Crippen LogP contribution in [-0.4, -0.2) is 36.7 Å². The Morgan fingerprint density at radius 2 is 1.65 bits per heavy atom. The lowest BCUT2D eigenvalue weighted by Gasteiger charge is -2.32. The number of benzene rings is 3. The van der Waals surface area contributed by atoms with E-state index in [9.17, 15) is 27.2 Å². The molecule has 0 radical (unpaired) electrons. The number of hydrogen-bond donors (Lipinski definition) is 2. The first-order valence-corrected chi connectivity index (χ1v) is 13.7. The van der Waals surface area contributed by atoms with Crippen molar-refractivity contribution in [3.8, 4) is 11.5 Å². The quantitative estimate of drug-likeness (QED) is 0.265. The summed E-state index contributed by atoms with van der Waals surface area (Å²) in [5.74, 6) is -0.00331. The van der Waals surface area contributed by atoms with E-state index in [1.54, 1.807) is 0 Å². The van der Waals surface area contributed by atoms with Crippen molar-refractivity contribution in [2.75, 3.05) is 25.2 Å². The van der Waals surface area contributed by atoms with Gasteiger partial charge in [-0.3, -0.25) is 14.5 Å². The number of carbonyl (C=O) groups excluding carboxylic acids is 1. The zero-order valence-corrected chi connectivity index (χ0v) is 22.8. The number of fused-ring (bicyclic) bond motifs is 2. The Balaban J connectivity index is 1.08. The van der Waals surface area contributed by atoms with Gasteiger partial charge in [0.05, 0.1) is 16.6 Å². The lowest BCUT2D eigenvalue weighted by molar-refractivity contribution is -0.137. The lowest BCUT2D eigenvalue weighted by atomic mass is 10.0. The summed E-state index contributed by atoms with van der Waals surface area (Å²) < 4.78 is 69.7. The zero-order valence-electron chi connectivity index (χ0n) is 22.8. The Morgan fingerprint density at radius 3 is 2.40 bits per heavy atom. The van der Waals surface area contributed by atoms with Crippen molar-refractivity contribution in [1.29, 1.82) is 0 Å². The van der Waals surface area contributed by atoms with E-state index in [2.05, 4.69) is 15.5 Å². The van der Waals surface area contributed by atoms with Gasteiger partial charge in [-0.1, -0.05) is 18.2 Å². The summed E-state index contributed by atoms with van der Waals surface area (Å²) in [6, 6.07) is 13.5. The summed E-state index contributed by atoms with van der Waals surface area (Å²) in [4.78, 5) is 28.0. The topological polar surface area (TPSA) is 93.0 Å². The maximum absolute atomic E-state index is 14.7. The molecule has 0 aliphatic carbocycles. The van der Waals surface area contributed by atoms with Gasteiger partial charge >= 0.3 is 6.18 Å². The van der Waals surface area contributed by atoms with Gasteiger partial charge in [-0.05, 0) is 54.3 Å². The van der Waals surface area contributed by atoms with E-state index in [4.69, 9.17) is 13.9 Å². The van der Waals surface area contributed by atoms with Crippen LogP contribution in [0, 0.1) is 5.82 Å². The van der Waals surface area contributed by atoms with Gasteiger partial charge in [0.25, 0.3) is 5.91 Å². The fraction of sp³-hybridized carbons (Fsp3) is 0.290. The van der Waals surface area contributed by atoms with Gasteiger partial charge in [-0.2, -0.15) is 13.2 Å². The monoisotopic (exact) mass is 597 g/mol. The number of alkyl halides is 3. The summed E-state index contributed by atoms with van der Waals surface area (Å²) in [6.07, 6.45) is -3.04. The molecule has 3 aromatic carbocycles. The molecular weight excluding hydrogens is 570 g/mol. The Labute approximate surface area is 243 Å². The summed E-state index contributed by atoms with van der Waals surface area (Å²) in [6.45, 7) is 2.51. The highest BCUT2D eigenvalue weighted by molar-refractivity contribution is 5.93. The van der Waals surface area contributed by atoms with Crippen molar-refractivity contribution in [3.05, 3.63) is 99.2 Å². The summed E-state index contributed by atoms with van der Waals surface area (Å²) in [5, 5.41) is 5.70. The van der Waals surface area contributed by atoms with Crippen LogP contribution in [0.4, 0.5) is 23.2 Å². The number of amides is 1. The van der Waals surface area contributed by atoms with E-state index < -0.39 is 28.9 Å². The molecule has 6 rings (SSSR count). The number of nitrogens with one attached hydrogen (secondary N) is 2. The van der Waals surface area contributed by atoms with Gasteiger partial charge in [0.1, 0.15) is 11.4 Å². The molecule has 8 nitrogen and oxygen atoms in total. The minimum absolute atomic E-state index is 0.00696. The van der Waals surface area contributed by atoms with Crippen LogP contribution in [0.25, 0.3) is 11.0 Å². The van der Waals surface area contributed by atoms with Gasteiger partial charge in [0.2, 0.25) is 6.79 Å². The summed E-state index contributed by atoms with van der Waals surface area (Å²) in [7, 11) is 0. The second-order valence-electron chi connectivity index (χ2n) is 10.6. The predicted octanol–water partition coefficient (Wildman–Crippen LogP) is 5.69. The highest BCUT2D eigenvalue weighted by Gasteiger charge is 2.30. The first-order valence-electron chi connectivity index (χ1n) is 13.7. The number of likely N-dealkylation sites (tertiary alicyclic amines) is 1. The van der Waals surface area contributed by atoms with Crippen molar-refractivity contribution in [2.45, 2.75) is 38.1 Å². The molecule has 0 unspecified atom stereocenters. The maximum atomic E-state index is 14.7. The third kappa shape index (κ3) is 6.43. The minimum atomic E-state index is -4.45. The number of halogens is 4. The fourth-order valence-corrected chi connectivity index (χ4v) is 5.22. The van der Waals surface area contributed by atoms with Gasteiger partial charge in [0, 0.05) is 44.4 Å². The third-order valence-electron chi connectivity index (χ3n) is 7.57. The van der Waals surface area contributed by atoms with Crippen molar-refractivity contribution in [2.24, 2.45) is 0 Å². The molecule has 1 saturated heterocycles. The van der Waals surface area contributed by atoms with E-state index in [-0.39, 0.29) is 41.8 Å². The number of anilines is 1. The van der Waals surface area contributed by atoms with Crippen LogP contribution in [0.3, 0.4) is 0 Å². The molecule has 0 atom stereocenters. The highest BCUT2D eigenvalue weighted by Crippen LogP contribution is 2.33. The lowest BCUT2D eigenvalue weighted by Crippen LogP contribution is -2.44. The van der Waals surface area contributed by atoms with Crippen LogP contribution < -0.4 is 25.5 Å². The molecule has 2 aliphatic rings. The molecule has 0 saturated carbocycles. The number of hydrogen-bond acceptors (Lipinski definition) is 7.